The Morgan fingerprint density at radius 1 is 1.00 bits per heavy atom. The minimum Gasteiger partial charge on any atom is -0.373 e. The third kappa shape index (κ3) is 4.86. The largest absolute Gasteiger partial charge is 0.373 e. The molecule has 0 saturated carbocycles. The van der Waals surface area contributed by atoms with Gasteiger partial charge in [-0.1, -0.05) is 11.3 Å². The first kappa shape index (κ1) is 24.7. The van der Waals surface area contributed by atoms with Crippen molar-refractivity contribution in [3.05, 3.63) is 52.8 Å². The number of nitrogens with zero attached hydrogens (tertiary/aromatic N) is 3. The molecule has 2 heterocycles. The molecule has 1 saturated heterocycles. The SMILES string of the molecule is CC1CN(S(=O)(=O)c2ccc(C(=O)N=c3sc4cc(S(C)(=O)=O)ccc4n3C)cc2)CC(C)O1. The van der Waals surface area contributed by atoms with Gasteiger partial charge < -0.3 is 9.30 Å². The number of rotatable bonds is 4. The quantitative estimate of drug-likeness (QED) is 0.518. The van der Waals surface area contributed by atoms with Gasteiger partial charge in [0.05, 0.1) is 32.2 Å². The maximum absolute atomic E-state index is 13.0. The van der Waals surface area contributed by atoms with Gasteiger partial charge in [0.1, 0.15) is 0 Å². The van der Waals surface area contributed by atoms with E-state index < -0.39 is 25.8 Å². The zero-order valence-electron chi connectivity index (χ0n) is 19.1. The third-order valence-electron chi connectivity index (χ3n) is 5.53. The van der Waals surface area contributed by atoms with Gasteiger partial charge in [0.2, 0.25) is 10.0 Å². The summed E-state index contributed by atoms with van der Waals surface area (Å²) < 4.78 is 59.1. The molecule has 1 aromatic heterocycles. The Bertz CT molecular complexity index is 1530. The highest BCUT2D eigenvalue weighted by atomic mass is 32.2. The molecule has 0 N–H and O–H groups in total. The lowest BCUT2D eigenvalue weighted by Gasteiger charge is -2.34. The Balaban J connectivity index is 1.62. The first-order chi connectivity index (χ1) is 15.9. The zero-order valence-corrected chi connectivity index (χ0v) is 21.6. The van der Waals surface area contributed by atoms with Gasteiger partial charge >= 0.3 is 0 Å². The summed E-state index contributed by atoms with van der Waals surface area (Å²) in [4.78, 5) is 17.6. The van der Waals surface area contributed by atoms with Crippen LogP contribution < -0.4 is 4.80 Å². The van der Waals surface area contributed by atoms with E-state index in [2.05, 4.69) is 4.99 Å². The number of thiazole rings is 1. The third-order valence-corrected chi connectivity index (χ3v) is 9.58. The number of hydrogen-bond donors (Lipinski definition) is 0. The summed E-state index contributed by atoms with van der Waals surface area (Å²) in [5.41, 5.74) is 0.997. The molecule has 2 atom stereocenters. The predicted octanol–water partition coefficient (Wildman–Crippen LogP) is 2.18. The molecule has 0 bridgehead atoms. The highest BCUT2D eigenvalue weighted by Gasteiger charge is 2.32. The number of benzene rings is 2. The van der Waals surface area contributed by atoms with Crippen LogP contribution in [-0.4, -0.2) is 63.2 Å². The Kier molecular flexibility index (Phi) is 6.55. The van der Waals surface area contributed by atoms with E-state index >= 15 is 0 Å². The maximum Gasteiger partial charge on any atom is 0.279 e. The van der Waals surface area contributed by atoms with E-state index in [1.54, 1.807) is 23.7 Å². The van der Waals surface area contributed by atoms with Crippen LogP contribution >= 0.6 is 11.3 Å². The van der Waals surface area contributed by atoms with Crippen LogP contribution in [0.25, 0.3) is 10.2 Å². The maximum atomic E-state index is 13.0. The van der Waals surface area contributed by atoms with Crippen LogP contribution in [0.4, 0.5) is 0 Å². The van der Waals surface area contributed by atoms with E-state index in [-0.39, 0.29) is 40.7 Å². The van der Waals surface area contributed by atoms with Gasteiger partial charge in [0.15, 0.2) is 14.6 Å². The standard InChI is InChI=1S/C22H25N3O6S3/c1-14-12-25(13-15(2)31-14)34(29,30)17-7-5-16(6-8-17)21(26)23-22-24(3)19-10-9-18(33(4,27)28)11-20(19)32-22/h5-11,14-15H,12-13H2,1-4H3. The summed E-state index contributed by atoms with van der Waals surface area (Å²) >= 11 is 1.20. The second-order valence-corrected chi connectivity index (χ2v) is 13.3. The molecule has 1 amide bonds. The molecule has 1 aliphatic rings. The minimum absolute atomic E-state index is 0.103. The van der Waals surface area contributed by atoms with Gasteiger partial charge in [-0.25, -0.2) is 16.8 Å². The number of carbonyl (C=O) groups excluding carboxylic acids is 1. The Hall–Kier alpha value is -2.38. The number of morpholine rings is 1. The van der Waals surface area contributed by atoms with Gasteiger partial charge in [-0.05, 0) is 56.3 Å². The van der Waals surface area contributed by atoms with E-state index in [0.29, 0.717) is 9.50 Å². The van der Waals surface area contributed by atoms with Crippen molar-refractivity contribution < 1.29 is 26.4 Å². The van der Waals surface area contributed by atoms with Crippen LogP contribution in [0.2, 0.25) is 0 Å². The average molecular weight is 524 g/mol. The molecule has 34 heavy (non-hydrogen) atoms. The lowest BCUT2D eigenvalue weighted by atomic mass is 10.2. The van der Waals surface area contributed by atoms with Crippen molar-refractivity contribution in [2.45, 2.75) is 35.8 Å². The summed E-state index contributed by atoms with van der Waals surface area (Å²) in [5.74, 6) is -0.525. The van der Waals surface area contributed by atoms with E-state index in [1.165, 1.54) is 46.0 Å². The van der Waals surface area contributed by atoms with Gasteiger partial charge in [-0.15, -0.1) is 0 Å². The zero-order chi connectivity index (χ0) is 24.8. The molecule has 182 valence electrons. The fourth-order valence-electron chi connectivity index (χ4n) is 3.85. The van der Waals surface area contributed by atoms with Crippen molar-refractivity contribution in [3.8, 4) is 0 Å². The number of fused-ring (bicyclic) bond motifs is 1. The van der Waals surface area contributed by atoms with Gasteiger partial charge in [0.25, 0.3) is 5.91 Å². The molecule has 4 rings (SSSR count). The predicted molar refractivity (Wildman–Crippen MR) is 129 cm³/mol. The van der Waals surface area contributed by atoms with Gasteiger partial charge in [0, 0.05) is 32.0 Å². The summed E-state index contributed by atoms with van der Waals surface area (Å²) in [6, 6.07) is 10.5. The van der Waals surface area contributed by atoms with Crippen molar-refractivity contribution in [2.24, 2.45) is 12.0 Å². The number of aromatic nitrogens is 1. The summed E-state index contributed by atoms with van der Waals surface area (Å²) in [7, 11) is -5.32. The second kappa shape index (κ2) is 9.00. The number of carbonyl (C=O) groups is 1. The molecule has 2 unspecified atom stereocenters. The van der Waals surface area contributed by atoms with Crippen LogP contribution in [0.5, 0.6) is 0 Å². The Morgan fingerprint density at radius 3 is 2.18 bits per heavy atom. The molecular weight excluding hydrogens is 498 g/mol. The molecule has 0 aliphatic carbocycles. The summed E-state index contributed by atoms with van der Waals surface area (Å²) in [5, 5.41) is 0. The average Bonchev–Trinajstić information content (AvgIpc) is 3.07. The number of aryl methyl sites for hydroxylation is 1. The van der Waals surface area contributed by atoms with Crippen LogP contribution in [-0.2, 0) is 31.6 Å². The topological polar surface area (TPSA) is 115 Å². The van der Waals surface area contributed by atoms with Crippen molar-refractivity contribution >= 4 is 47.3 Å². The van der Waals surface area contributed by atoms with E-state index in [0.717, 1.165) is 11.8 Å². The molecule has 0 radical (unpaired) electrons. The second-order valence-electron chi connectivity index (χ2n) is 8.37. The Labute approximate surface area is 202 Å². The van der Waals surface area contributed by atoms with Crippen molar-refractivity contribution in [2.75, 3.05) is 19.3 Å². The first-order valence-corrected chi connectivity index (χ1v) is 14.7. The molecule has 1 aliphatic heterocycles. The van der Waals surface area contributed by atoms with E-state index in [4.69, 9.17) is 4.74 Å². The van der Waals surface area contributed by atoms with Crippen LogP contribution in [0.15, 0.2) is 57.2 Å². The number of ether oxygens (including phenoxy) is 1. The smallest absolute Gasteiger partial charge is 0.279 e. The molecule has 3 aromatic rings. The lowest BCUT2D eigenvalue weighted by molar-refractivity contribution is -0.0440. The summed E-state index contributed by atoms with van der Waals surface area (Å²) in [6.45, 7) is 4.20. The number of sulfone groups is 1. The van der Waals surface area contributed by atoms with Gasteiger partial charge in [-0.2, -0.15) is 9.30 Å². The molecule has 9 nitrogen and oxygen atoms in total. The highest BCUT2D eigenvalue weighted by molar-refractivity contribution is 7.90. The van der Waals surface area contributed by atoms with Gasteiger partial charge in [-0.3, -0.25) is 4.79 Å². The molecule has 1 fully saturated rings. The van der Waals surface area contributed by atoms with Crippen molar-refractivity contribution in [3.63, 3.8) is 0 Å². The monoisotopic (exact) mass is 523 g/mol. The molecular formula is C22H25N3O6S3. The van der Waals surface area contributed by atoms with E-state index in [9.17, 15) is 21.6 Å². The van der Waals surface area contributed by atoms with Crippen molar-refractivity contribution in [1.29, 1.82) is 0 Å². The number of hydrogen-bond acceptors (Lipinski definition) is 7. The minimum atomic E-state index is -3.71. The lowest BCUT2D eigenvalue weighted by Crippen LogP contribution is -2.48. The normalized spacial score (nSPS) is 20.6. The molecule has 2 aromatic carbocycles. The fraction of sp³-hybridized carbons (Fsp3) is 0.364. The van der Waals surface area contributed by atoms with Crippen LogP contribution in [0.3, 0.4) is 0 Å². The number of sulfonamides is 1. The van der Waals surface area contributed by atoms with Crippen LogP contribution in [0, 0.1) is 0 Å². The molecule has 12 heteroatoms. The first-order valence-electron chi connectivity index (χ1n) is 10.5. The van der Waals surface area contributed by atoms with Crippen LogP contribution in [0.1, 0.15) is 24.2 Å². The molecule has 0 spiro atoms. The Morgan fingerprint density at radius 2 is 1.59 bits per heavy atom. The summed E-state index contributed by atoms with van der Waals surface area (Å²) in [6.07, 6.45) is 0.739. The number of amides is 1. The highest BCUT2D eigenvalue weighted by Crippen LogP contribution is 2.23. The fourth-order valence-corrected chi connectivity index (χ4v) is 7.22. The van der Waals surface area contributed by atoms with E-state index in [1.807, 2.05) is 13.8 Å². The van der Waals surface area contributed by atoms with Crippen molar-refractivity contribution in [1.82, 2.24) is 8.87 Å².